The number of rotatable bonds is 11. The van der Waals surface area contributed by atoms with Crippen LogP contribution in [0.4, 0.5) is 0 Å². The monoisotopic (exact) mass is 984 g/mol. The van der Waals surface area contributed by atoms with Crippen molar-refractivity contribution in [1.29, 1.82) is 0 Å². The summed E-state index contributed by atoms with van der Waals surface area (Å²) in [7, 11) is 0. The maximum Gasteiger partial charge on any atom is 0.331 e. The number of aliphatic hydroxyl groups excluding tert-OH is 7. The molecule has 0 bridgehead atoms. The Morgan fingerprint density at radius 3 is 1.93 bits per heavy atom. The largest absolute Gasteiger partial charge is 0.459 e. The topological polar surface area (TPSA) is 288 Å². The van der Waals surface area contributed by atoms with Gasteiger partial charge in [-0.25, -0.2) is 4.79 Å². The average molecular weight is 985 g/mol. The van der Waals surface area contributed by atoms with E-state index in [1.165, 1.54) is 6.92 Å². The number of hydrogen-bond acceptors (Lipinski definition) is 20. The molecule has 8 N–H and O–H groups in total. The molecular weight excluding hydrogens is 909 g/mol. The van der Waals surface area contributed by atoms with E-state index >= 15 is 0 Å². The summed E-state index contributed by atoms with van der Waals surface area (Å²) in [6, 6.07) is 0. The first-order valence-corrected chi connectivity index (χ1v) is 25.3. The van der Waals surface area contributed by atoms with Crippen LogP contribution in [0.5, 0.6) is 0 Å². The molecule has 0 radical (unpaired) electrons. The van der Waals surface area contributed by atoms with Crippen LogP contribution in [0.2, 0.25) is 0 Å². The highest BCUT2D eigenvalue weighted by Crippen LogP contribution is 2.70. The molecule has 392 valence electrons. The summed E-state index contributed by atoms with van der Waals surface area (Å²) in [5.74, 6) is -0.580. The van der Waals surface area contributed by atoms with Crippen molar-refractivity contribution in [2.45, 2.75) is 234 Å². The summed E-state index contributed by atoms with van der Waals surface area (Å²) in [4.78, 5) is 24.2. The van der Waals surface area contributed by atoms with E-state index in [-0.39, 0.29) is 61.1 Å². The Balaban J connectivity index is 0.752. The second kappa shape index (κ2) is 20.0. The number of carbonyl (C=O) groups excluding carboxylic acids is 2. The fourth-order valence-electron chi connectivity index (χ4n) is 14.6. The minimum atomic E-state index is -1.69. The number of carbonyl (C=O) groups is 2. The molecule has 0 amide bonds. The molecule has 0 spiro atoms. The van der Waals surface area contributed by atoms with Crippen LogP contribution >= 0.6 is 0 Å². The summed E-state index contributed by atoms with van der Waals surface area (Å²) >= 11 is 0. The van der Waals surface area contributed by atoms with Gasteiger partial charge >= 0.3 is 11.9 Å². The lowest BCUT2D eigenvalue weighted by Gasteiger charge is -2.65. The van der Waals surface area contributed by atoms with Gasteiger partial charge in [0.05, 0.1) is 54.9 Å². The molecule has 9 rings (SSSR count). The van der Waals surface area contributed by atoms with Gasteiger partial charge in [0.1, 0.15) is 55.4 Å². The number of ether oxygens (including phenoxy) is 10. The van der Waals surface area contributed by atoms with Crippen LogP contribution in [0.3, 0.4) is 0 Å². The highest BCUT2D eigenvalue weighted by Gasteiger charge is 2.71. The Kier molecular flexibility index (Phi) is 15.1. The smallest absolute Gasteiger partial charge is 0.331 e. The van der Waals surface area contributed by atoms with Gasteiger partial charge in [0.2, 0.25) is 0 Å². The molecule has 69 heavy (non-hydrogen) atoms. The van der Waals surface area contributed by atoms with Crippen LogP contribution < -0.4 is 0 Å². The fraction of sp³-hybridized carbons (Fsp3) is 0.918. The van der Waals surface area contributed by atoms with Gasteiger partial charge in [0.25, 0.3) is 0 Å². The third kappa shape index (κ3) is 9.48. The minimum absolute atomic E-state index is 0.00421. The first-order chi connectivity index (χ1) is 32.6. The maximum atomic E-state index is 12.6. The van der Waals surface area contributed by atoms with Crippen LogP contribution in [0.15, 0.2) is 11.6 Å². The van der Waals surface area contributed by atoms with E-state index in [9.17, 15) is 50.4 Å². The molecule has 4 saturated heterocycles. The SMILES string of the molecule is CC(=O)OC1CC(OC2C(O)CC(OC3C(O)CC(O[C@H]4CC[C@]5(C)C6C[C@@H](O)[C@]7(C)[C@@H](C8=CC(=O)OC8)CC[C@]7(O)[C@@H]6CC[C@@H]5C4)OC3C)OC2C)OC(C)C1OC1OC(CO)C(O)C(O)C1O. The maximum absolute atomic E-state index is 12.6. The van der Waals surface area contributed by atoms with Crippen molar-refractivity contribution in [3.63, 3.8) is 0 Å². The molecule has 5 heterocycles. The van der Waals surface area contributed by atoms with E-state index in [0.717, 1.165) is 37.7 Å². The van der Waals surface area contributed by atoms with Gasteiger partial charge in [-0.15, -0.1) is 0 Å². The normalized spacial score (nSPS) is 53.3. The third-order valence-electron chi connectivity index (χ3n) is 18.4. The molecule has 20 nitrogen and oxygen atoms in total. The predicted octanol–water partition coefficient (Wildman–Crippen LogP) is 0.613. The van der Waals surface area contributed by atoms with Crippen molar-refractivity contribution >= 4 is 11.9 Å². The molecule has 9 aliphatic rings. The van der Waals surface area contributed by atoms with Crippen LogP contribution in [-0.2, 0) is 57.0 Å². The van der Waals surface area contributed by atoms with Gasteiger partial charge in [-0.1, -0.05) is 13.8 Å². The van der Waals surface area contributed by atoms with Crippen molar-refractivity contribution in [3.05, 3.63) is 11.6 Å². The van der Waals surface area contributed by atoms with E-state index in [0.29, 0.717) is 25.2 Å². The molecule has 5 aliphatic heterocycles. The minimum Gasteiger partial charge on any atom is -0.459 e. The highest BCUT2D eigenvalue weighted by molar-refractivity contribution is 5.85. The lowest BCUT2D eigenvalue weighted by molar-refractivity contribution is -0.355. The van der Waals surface area contributed by atoms with Crippen molar-refractivity contribution in [2.24, 2.45) is 34.5 Å². The molecule has 4 aliphatic carbocycles. The highest BCUT2D eigenvalue weighted by atomic mass is 16.8. The zero-order chi connectivity index (χ0) is 49.5. The van der Waals surface area contributed by atoms with Gasteiger partial charge in [-0.05, 0) is 107 Å². The Hall–Kier alpha value is -1.96. The third-order valence-corrected chi connectivity index (χ3v) is 18.4. The van der Waals surface area contributed by atoms with Crippen molar-refractivity contribution in [3.8, 4) is 0 Å². The van der Waals surface area contributed by atoms with E-state index < -0.39 is 134 Å². The van der Waals surface area contributed by atoms with Crippen LogP contribution in [0.1, 0.15) is 112 Å². The van der Waals surface area contributed by atoms with Crippen molar-refractivity contribution in [2.75, 3.05) is 13.2 Å². The van der Waals surface area contributed by atoms with E-state index in [1.54, 1.807) is 26.8 Å². The summed E-state index contributed by atoms with van der Waals surface area (Å²) in [5.41, 5.74) is -1.01. The number of aliphatic hydroxyl groups is 8. The van der Waals surface area contributed by atoms with E-state index in [2.05, 4.69) is 6.92 Å². The Morgan fingerprint density at radius 2 is 1.33 bits per heavy atom. The molecule has 0 aromatic carbocycles. The molecule has 8 fully saturated rings. The van der Waals surface area contributed by atoms with Gasteiger partial charge in [0, 0.05) is 37.7 Å². The first kappa shape index (κ1) is 51.9. The molecule has 4 saturated carbocycles. The second-order valence-corrected chi connectivity index (χ2v) is 22.2. The van der Waals surface area contributed by atoms with Crippen LogP contribution in [0, 0.1) is 34.5 Å². The first-order valence-electron chi connectivity index (χ1n) is 25.3. The molecule has 20 heteroatoms. The molecular formula is C49H76O20. The number of esters is 2. The molecule has 0 aromatic heterocycles. The molecule has 26 atom stereocenters. The molecule has 18 unspecified atom stereocenters. The lowest BCUT2D eigenvalue weighted by atomic mass is 9.42. The zero-order valence-corrected chi connectivity index (χ0v) is 40.5. The Labute approximate surface area is 402 Å². The number of cyclic esters (lactones) is 1. The van der Waals surface area contributed by atoms with Crippen molar-refractivity contribution < 1.29 is 97.8 Å². The summed E-state index contributed by atoms with van der Waals surface area (Å²) in [6.07, 6.45) is -11.1. The predicted molar refractivity (Wildman–Crippen MR) is 235 cm³/mol. The number of hydrogen-bond donors (Lipinski definition) is 8. The summed E-state index contributed by atoms with van der Waals surface area (Å²) in [6.45, 7) is 10.3. The zero-order valence-electron chi connectivity index (χ0n) is 40.5. The van der Waals surface area contributed by atoms with Gasteiger partial charge in [-0.3, -0.25) is 4.79 Å². The fourth-order valence-corrected chi connectivity index (χ4v) is 14.6. The standard InChI is InChI=1S/C49H76O20/c1-21-43(67-38-17-32(53)44(22(2)62-38)68-39-18-33(64-24(4)51)45(23(3)63-39)69-46-42(58)41(57)40(56)34(19-50)66-46)31(52)16-37(61-21)65-27-9-11-47(5)26(14-27)7-8-29-30(47)15-35(54)48(6)28(10-12-49(29,48)59)25-13-36(55)60-20-25/h13,21-23,26-35,37-46,50,52-54,56-59H,7-12,14-20H2,1-6H3/t21?,22?,23?,26-,27+,28-,29-,30?,31?,32?,33?,34?,35-,37?,38?,39?,40?,41?,42?,43?,44?,45?,46?,47+,48+,49+/m1/s1. The van der Waals surface area contributed by atoms with Gasteiger partial charge in [0.15, 0.2) is 25.2 Å². The average Bonchev–Trinajstić information content (AvgIpc) is 3.84. The van der Waals surface area contributed by atoms with Gasteiger partial charge in [-0.2, -0.15) is 0 Å². The summed E-state index contributed by atoms with van der Waals surface area (Å²) < 4.78 is 60.1. The Morgan fingerprint density at radius 1 is 0.710 bits per heavy atom. The van der Waals surface area contributed by atoms with Crippen LogP contribution in [0.25, 0.3) is 0 Å². The van der Waals surface area contributed by atoms with Crippen LogP contribution in [-0.4, -0.2) is 188 Å². The quantitative estimate of drug-likeness (QED) is 0.104. The lowest BCUT2D eigenvalue weighted by Crippen LogP contribution is -2.67. The van der Waals surface area contributed by atoms with Crippen molar-refractivity contribution in [1.82, 2.24) is 0 Å². The van der Waals surface area contributed by atoms with Gasteiger partial charge < -0.3 is 88.2 Å². The Bertz CT molecular complexity index is 1850. The van der Waals surface area contributed by atoms with E-state index in [4.69, 9.17) is 47.4 Å². The summed E-state index contributed by atoms with van der Waals surface area (Å²) in [5, 5.41) is 88.1. The molecule has 0 aromatic rings. The van der Waals surface area contributed by atoms with E-state index in [1.807, 2.05) is 6.92 Å². The number of fused-ring (bicyclic) bond motifs is 5. The second-order valence-electron chi connectivity index (χ2n) is 22.2.